The van der Waals surface area contributed by atoms with Crippen LogP contribution in [0.4, 0.5) is 8.78 Å². The highest BCUT2D eigenvalue weighted by Crippen LogP contribution is 2.24. The molecule has 0 bridgehead atoms. The fourth-order valence-corrected chi connectivity index (χ4v) is 2.17. The molecule has 4 nitrogen and oxygen atoms in total. The number of halogens is 2. The van der Waals surface area contributed by atoms with Crippen molar-refractivity contribution in [3.05, 3.63) is 28.8 Å². The molecular formula is C9H9F2NO3S. The standard InChI is InChI=1S/C9H9F2NO3S/c1-4-7(10)3-6(5(2)13)8(11)9(4)16(12,14)15/h3H,1-2H3,(H2,12,14,15). The van der Waals surface area contributed by atoms with E-state index in [1.165, 1.54) is 0 Å². The number of sulfonamides is 1. The van der Waals surface area contributed by atoms with E-state index >= 15 is 0 Å². The molecular weight excluding hydrogens is 240 g/mol. The van der Waals surface area contributed by atoms with E-state index in [-0.39, 0.29) is 0 Å². The zero-order valence-electron chi connectivity index (χ0n) is 8.54. The summed E-state index contributed by atoms with van der Waals surface area (Å²) < 4.78 is 49.0. The summed E-state index contributed by atoms with van der Waals surface area (Å²) in [5, 5.41) is 4.75. The van der Waals surface area contributed by atoms with Gasteiger partial charge in [0.05, 0.1) is 5.56 Å². The number of hydrogen-bond donors (Lipinski definition) is 1. The first-order valence-electron chi connectivity index (χ1n) is 4.18. The molecule has 0 atom stereocenters. The number of ketones is 1. The molecule has 0 heterocycles. The van der Waals surface area contributed by atoms with Crippen LogP contribution in [0.3, 0.4) is 0 Å². The van der Waals surface area contributed by atoms with E-state index in [0.29, 0.717) is 6.07 Å². The van der Waals surface area contributed by atoms with Gasteiger partial charge in [0, 0.05) is 5.56 Å². The second-order valence-electron chi connectivity index (χ2n) is 3.28. The van der Waals surface area contributed by atoms with Crippen molar-refractivity contribution in [2.75, 3.05) is 0 Å². The second-order valence-corrected chi connectivity index (χ2v) is 4.77. The normalized spacial score (nSPS) is 11.6. The summed E-state index contributed by atoms with van der Waals surface area (Å²) in [5.41, 5.74) is -1.07. The van der Waals surface area contributed by atoms with E-state index in [1.807, 2.05) is 0 Å². The van der Waals surface area contributed by atoms with E-state index in [1.54, 1.807) is 0 Å². The van der Waals surface area contributed by atoms with Gasteiger partial charge >= 0.3 is 0 Å². The molecule has 0 aliphatic rings. The summed E-state index contributed by atoms with van der Waals surface area (Å²) in [4.78, 5) is 9.99. The minimum atomic E-state index is -4.41. The lowest BCUT2D eigenvalue weighted by molar-refractivity contribution is 0.101. The molecule has 0 saturated carbocycles. The third kappa shape index (κ3) is 2.10. The van der Waals surface area contributed by atoms with Gasteiger partial charge < -0.3 is 0 Å². The number of Topliss-reactive ketones (excluding diaryl/α,β-unsaturated/α-hetero) is 1. The molecule has 0 radical (unpaired) electrons. The highest BCUT2D eigenvalue weighted by molar-refractivity contribution is 7.89. The van der Waals surface area contributed by atoms with Crippen LogP contribution in [0.1, 0.15) is 22.8 Å². The predicted molar refractivity (Wildman–Crippen MR) is 52.5 cm³/mol. The average molecular weight is 249 g/mol. The van der Waals surface area contributed by atoms with Crippen molar-refractivity contribution < 1.29 is 22.0 Å². The van der Waals surface area contributed by atoms with Crippen LogP contribution in [0.2, 0.25) is 0 Å². The monoisotopic (exact) mass is 249 g/mol. The van der Waals surface area contributed by atoms with Crippen LogP contribution in [0.25, 0.3) is 0 Å². The summed E-state index contributed by atoms with van der Waals surface area (Å²) in [6.07, 6.45) is 0. The molecule has 7 heteroatoms. The predicted octanol–water partition coefficient (Wildman–Crippen LogP) is 1.12. The lowest BCUT2D eigenvalue weighted by Gasteiger charge is -2.09. The third-order valence-electron chi connectivity index (χ3n) is 2.07. The van der Waals surface area contributed by atoms with Crippen LogP contribution >= 0.6 is 0 Å². The number of nitrogens with two attached hydrogens (primary N) is 1. The Balaban J connectivity index is 3.80. The second kappa shape index (κ2) is 3.91. The van der Waals surface area contributed by atoms with Gasteiger partial charge in [0.25, 0.3) is 0 Å². The molecule has 88 valence electrons. The Labute approximate surface area is 91.1 Å². The van der Waals surface area contributed by atoms with Crippen molar-refractivity contribution in [1.29, 1.82) is 0 Å². The molecule has 2 N–H and O–H groups in total. The van der Waals surface area contributed by atoms with Gasteiger partial charge in [-0.2, -0.15) is 0 Å². The van der Waals surface area contributed by atoms with E-state index in [9.17, 15) is 22.0 Å². The SMILES string of the molecule is CC(=O)c1cc(F)c(C)c(S(N)(=O)=O)c1F. The minimum absolute atomic E-state index is 0.440. The summed E-state index contributed by atoms with van der Waals surface area (Å²) in [6.45, 7) is 2.07. The maximum atomic E-state index is 13.6. The summed E-state index contributed by atoms with van der Waals surface area (Å²) >= 11 is 0. The van der Waals surface area contributed by atoms with Crippen molar-refractivity contribution >= 4 is 15.8 Å². The van der Waals surface area contributed by atoms with Gasteiger partial charge in [0.1, 0.15) is 10.7 Å². The van der Waals surface area contributed by atoms with E-state index in [0.717, 1.165) is 13.8 Å². The van der Waals surface area contributed by atoms with Gasteiger partial charge in [0.15, 0.2) is 11.6 Å². The topological polar surface area (TPSA) is 77.2 Å². The van der Waals surface area contributed by atoms with Crippen molar-refractivity contribution in [3.8, 4) is 0 Å². The van der Waals surface area contributed by atoms with Gasteiger partial charge in [-0.1, -0.05) is 0 Å². The molecule has 0 aliphatic carbocycles. The Morgan fingerprint density at radius 3 is 2.25 bits per heavy atom. The summed E-state index contributed by atoms with van der Waals surface area (Å²) in [7, 11) is -4.41. The Bertz CT molecular complexity index is 567. The van der Waals surface area contributed by atoms with Crippen LogP contribution in [-0.4, -0.2) is 14.2 Å². The van der Waals surface area contributed by atoms with Gasteiger partial charge in [-0.05, 0) is 19.9 Å². The highest BCUT2D eigenvalue weighted by atomic mass is 32.2. The Kier molecular flexibility index (Phi) is 3.11. The molecule has 0 saturated heterocycles. The van der Waals surface area contributed by atoms with E-state index in [4.69, 9.17) is 5.14 Å². The average Bonchev–Trinajstić information content (AvgIpc) is 2.08. The van der Waals surface area contributed by atoms with Crippen molar-refractivity contribution in [3.63, 3.8) is 0 Å². The quantitative estimate of drug-likeness (QED) is 0.798. The maximum Gasteiger partial charge on any atom is 0.241 e. The van der Waals surface area contributed by atoms with Crippen LogP contribution in [0.5, 0.6) is 0 Å². The number of rotatable bonds is 2. The Morgan fingerprint density at radius 1 is 1.38 bits per heavy atom. The Morgan fingerprint density at radius 2 is 1.88 bits per heavy atom. The number of hydrogen-bond acceptors (Lipinski definition) is 3. The lowest BCUT2D eigenvalue weighted by atomic mass is 10.1. The fourth-order valence-electron chi connectivity index (χ4n) is 1.29. The van der Waals surface area contributed by atoms with E-state index in [2.05, 4.69) is 0 Å². The first kappa shape index (κ1) is 12.7. The molecule has 1 rings (SSSR count). The highest BCUT2D eigenvalue weighted by Gasteiger charge is 2.25. The molecule has 0 unspecified atom stereocenters. The smallest absolute Gasteiger partial charge is 0.241 e. The largest absolute Gasteiger partial charge is 0.294 e. The fraction of sp³-hybridized carbons (Fsp3) is 0.222. The lowest BCUT2D eigenvalue weighted by Crippen LogP contribution is -2.18. The maximum absolute atomic E-state index is 13.6. The van der Waals surface area contributed by atoms with Gasteiger partial charge in [0.2, 0.25) is 10.0 Å². The number of carbonyl (C=O) groups excluding carboxylic acids is 1. The molecule has 0 amide bonds. The van der Waals surface area contributed by atoms with Gasteiger partial charge in [-0.25, -0.2) is 22.3 Å². The first-order chi connectivity index (χ1) is 7.16. The van der Waals surface area contributed by atoms with Crippen LogP contribution in [0, 0.1) is 18.6 Å². The zero-order chi connectivity index (χ0) is 12.7. The zero-order valence-corrected chi connectivity index (χ0v) is 9.36. The Hall–Kier alpha value is -1.34. The molecule has 1 aromatic rings. The van der Waals surface area contributed by atoms with Crippen molar-refractivity contribution in [2.24, 2.45) is 5.14 Å². The molecule has 0 aromatic heterocycles. The molecule has 0 aliphatic heterocycles. The minimum Gasteiger partial charge on any atom is -0.294 e. The number of benzene rings is 1. The molecule has 0 spiro atoms. The van der Waals surface area contributed by atoms with Crippen LogP contribution in [-0.2, 0) is 10.0 Å². The van der Waals surface area contributed by atoms with Crippen molar-refractivity contribution in [2.45, 2.75) is 18.7 Å². The van der Waals surface area contributed by atoms with E-state index < -0.39 is 43.5 Å². The summed E-state index contributed by atoms with van der Waals surface area (Å²) in [5.74, 6) is -3.08. The van der Waals surface area contributed by atoms with Crippen LogP contribution in [0.15, 0.2) is 11.0 Å². The van der Waals surface area contributed by atoms with Gasteiger partial charge in [-0.15, -0.1) is 0 Å². The molecule has 0 fully saturated rings. The molecule has 1 aromatic carbocycles. The number of carbonyl (C=O) groups is 1. The van der Waals surface area contributed by atoms with Gasteiger partial charge in [-0.3, -0.25) is 4.79 Å². The number of primary sulfonamides is 1. The first-order valence-corrected chi connectivity index (χ1v) is 5.73. The van der Waals surface area contributed by atoms with Crippen molar-refractivity contribution in [1.82, 2.24) is 0 Å². The summed E-state index contributed by atoms with van der Waals surface area (Å²) in [6, 6.07) is 0.654. The third-order valence-corrected chi connectivity index (χ3v) is 3.12. The molecule has 16 heavy (non-hydrogen) atoms. The van der Waals surface area contributed by atoms with Crippen LogP contribution < -0.4 is 5.14 Å².